The Labute approximate surface area is 125 Å². The third-order valence-corrected chi connectivity index (χ3v) is 4.26. The summed E-state index contributed by atoms with van der Waals surface area (Å²) >= 11 is 0. The SMILES string of the molecule is O=C(O)CC1(NC(=O)CCOCC2CCCO2)CCCC1. The average Bonchev–Trinajstić information content (AvgIpc) is 3.06. The number of nitrogens with one attached hydrogen (secondary N) is 1. The van der Waals surface area contributed by atoms with Crippen molar-refractivity contribution in [2.24, 2.45) is 0 Å². The van der Waals surface area contributed by atoms with Crippen LogP contribution in [0, 0.1) is 0 Å². The Bertz CT molecular complexity index is 359. The molecule has 1 saturated heterocycles. The van der Waals surface area contributed by atoms with Crippen LogP contribution in [0.3, 0.4) is 0 Å². The summed E-state index contributed by atoms with van der Waals surface area (Å²) in [5, 5.41) is 11.9. The minimum atomic E-state index is -0.855. The van der Waals surface area contributed by atoms with E-state index in [4.69, 9.17) is 14.6 Å². The number of carboxylic acids is 1. The van der Waals surface area contributed by atoms with Crippen molar-refractivity contribution in [1.82, 2.24) is 5.32 Å². The van der Waals surface area contributed by atoms with E-state index < -0.39 is 11.5 Å². The Morgan fingerprint density at radius 2 is 2.05 bits per heavy atom. The number of aliphatic carboxylic acids is 1. The second-order valence-corrected chi connectivity index (χ2v) is 6.07. The summed E-state index contributed by atoms with van der Waals surface area (Å²) in [4.78, 5) is 22.9. The molecule has 120 valence electrons. The average molecular weight is 299 g/mol. The molecule has 1 aliphatic carbocycles. The monoisotopic (exact) mass is 299 g/mol. The van der Waals surface area contributed by atoms with Crippen LogP contribution in [0.5, 0.6) is 0 Å². The molecular weight excluding hydrogens is 274 g/mol. The van der Waals surface area contributed by atoms with Gasteiger partial charge < -0.3 is 19.9 Å². The van der Waals surface area contributed by atoms with Gasteiger partial charge in [0.25, 0.3) is 0 Å². The second kappa shape index (κ2) is 7.75. The topological polar surface area (TPSA) is 84.9 Å². The zero-order chi connectivity index (χ0) is 15.1. The van der Waals surface area contributed by atoms with Gasteiger partial charge >= 0.3 is 5.97 Å². The highest BCUT2D eigenvalue weighted by Gasteiger charge is 2.37. The van der Waals surface area contributed by atoms with Gasteiger partial charge in [-0.2, -0.15) is 0 Å². The van der Waals surface area contributed by atoms with Crippen LogP contribution in [0.25, 0.3) is 0 Å². The fourth-order valence-electron chi connectivity index (χ4n) is 3.20. The number of carbonyl (C=O) groups excluding carboxylic acids is 1. The van der Waals surface area contributed by atoms with Crippen LogP contribution in [0.1, 0.15) is 51.4 Å². The number of carbonyl (C=O) groups is 2. The fourth-order valence-corrected chi connectivity index (χ4v) is 3.20. The summed E-state index contributed by atoms with van der Waals surface area (Å²) < 4.78 is 10.9. The van der Waals surface area contributed by atoms with Gasteiger partial charge in [0.05, 0.1) is 31.3 Å². The first-order valence-electron chi connectivity index (χ1n) is 7.82. The van der Waals surface area contributed by atoms with E-state index in [1.165, 1.54) is 0 Å². The van der Waals surface area contributed by atoms with Crippen molar-refractivity contribution in [2.45, 2.75) is 63.0 Å². The van der Waals surface area contributed by atoms with Gasteiger partial charge in [-0.3, -0.25) is 9.59 Å². The van der Waals surface area contributed by atoms with Crippen molar-refractivity contribution in [2.75, 3.05) is 19.8 Å². The van der Waals surface area contributed by atoms with Crippen molar-refractivity contribution in [3.05, 3.63) is 0 Å². The van der Waals surface area contributed by atoms with Gasteiger partial charge in [-0.15, -0.1) is 0 Å². The zero-order valence-corrected chi connectivity index (χ0v) is 12.4. The highest BCUT2D eigenvalue weighted by molar-refractivity contribution is 5.78. The molecule has 0 spiro atoms. The molecule has 1 unspecified atom stereocenters. The fraction of sp³-hybridized carbons (Fsp3) is 0.867. The molecule has 2 fully saturated rings. The number of amides is 1. The first-order chi connectivity index (χ1) is 10.1. The summed E-state index contributed by atoms with van der Waals surface area (Å²) in [6, 6.07) is 0. The van der Waals surface area contributed by atoms with Gasteiger partial charge in [0.2, 0.25) is 5.91 Å². The third-order valence-electron chi connectivity index (χ3n) is 4.26. The minimum Gasteiger partial charge on any atom is -0.481 e. The van der Waals surface area contributed by atoms with Crippen molar-refractivity contribution >= 4 is 11.9 Å². The molecule has 21 heavy (non-hydrogen) atoms. The number of rotatable bonds is 8. The Hall–Kier alpha value is -1.14. The molecule has 6 nitrogen and oxygen atoms in total. The van der Waals surface area contributed by atoms with Crippen molar-refractivity contribution in [3.63, 3.8) is 0 Å². The van der Waals surface area contributed by atoms with Gasteiger partial charge in [0, 0.05) is 13.0 Å². The molecule has 6 heteroatoms. The first kappa shape index (κ1) is 16.2. The lowest BCUT2D eigenvalue weighted by molar-refractivity contribution is -0.139. The maximum absolute atomic E-state index is 12.0. The molecule has 0 bridgehead atoms. The lowest BCUT2D eigenvalue weighted by Crippen LogP contribution is -2.48. The molecule has 2 N–H and O–H groups in total. The zero-order valence-electron chi connectivity index (χ0n) is 12.4. The molecule has 2 aliphatic rings. The van der Waals surface area contributed by atoms with E-state index in [0.717, 1.165) is 45.1 Å². The van der Waals surface area contributed by atoms with Crippen LogP contribution >= 0.6 is 0 Å². The Balaban J connectivity index is 1.66. The van der Waals surface area contributed by atoms with E-state index in [1.807, 2.05) is 0 Å². The first-order valence-corrected chi connectivity index (χ1v) is 7.82. The second-order valence-electron chi connectivity index (χ2n) is 6.07. The highest BCUT2D eigenvalue weighted by atomic mass is 16.5. The lowest BCUT2D eigenvalue weighted by atomic mass is 9.93. The normalized spacial score (nSPS) is 24.1. The van der Waals surface area contributed by atoms with E-state index in [9.17, 15) is 9.59 Å². The molecule has 0 aromatic carbocycles. The summed E-state index contributed by atoms with van der Waals surface area (Å²) in [6.45, 7) is 1.69. The standard InChI is InChI=1S/C15H25NO5/c17-13(5-9-20-11-12-4-3-8-21-12)16-15(10-14(18)19)6-1-2-7-15/h12H,1-11H2,(H,16,17)(H,18,19). The largest absolute Gasteiger partial charge is 0.481 e. The van der Waals surface area contributed by atoms with E-state index in [-0.39, 0.29) is 24.9 Å². The molecule has 0 radical (unpaired) electrons. The smallest absolute Gasteiger partial charge is 0.305 e. The number of hydrogen-bond acceptors (Lipinski definition) is 4. The molecule has 1 heterocycles. The van der Waals surface area contributed by atoms with Crippen molar-refractivity contribution < 1.29 is 24.2 Å². The van der Waals surface area contributed by atoms with Crippen molar-refractivity contribution in [3.8, 4) is 0 Å². The summed E-state index contributed by atoms with van der Waals surface area (Å²) in [5.41, 5.74) is -0.544. The van der Waals surface area contributed by atoms with Gasteiger partial charge in [-0.1, -0.05) is 12.8 Å². The van der Waals surface area contributed by atoms with E-state index in [2.05, 4.69) is 5.32 Å². The van der Waals surface area contributed by atoms with Crippen LogP contribution in [-0.4, -0.2) is 48.4 Å². The quantitative estimate of drug-likeness (QED) is 0.663. The molecule has 1 saturated carbocycles. The Kier molecular flexibility index (Phi) is 5.99. The van der Waals surface area contributed by atoms with Gasteiger partial charge in [-0.25, -0.2) is 0 Å². The molecule has 1 atom stereocenters. The molecular formula is C15H25NO5. The summed E-state index contributed by atoms with van der Waals surface area (Å²) in [7, 11) is 0. The summed E-state index contributed by atoms with van der Waals surface area (Å²) in [5.74, 6) is -0.975. The molecule has 1 aliphatic heterocycles. The van der Waals surface area contributed by atoms with Gasteiger partial charge in [-0.05, 0) is 25.7 Å². The predicted molar refractivity (Wildman–Crippen MR) is 76.0 cm³/mol. The van der Waals surface area contributed by atoms with E-state index in [0.29, 0.717) is 13.2 Å². The van der Waals surface area contributed by atoms with Crippen LogP contribution in [0.4, 0.5) is 0 Å². The maximum Gasteiger partial charge on any atom is 0.305 e. The molecule has 0 aromatic rings. The third kappa shape index (κ3) is 5.28. The van der Waals surface area contributed by atoms with Crippen molar-refractivity contribution in [1.29, 1.82) is 0 Å². The Morgan fingerprint density at radius 1 is 1.29 bits per heavy atom. The number of carboxylic acid groups (broad SMARTS) is 1. The highest BCUT2D eigenvalue weighted by Crippen LogP contribution is 2.32. The minimum absolute atomic E-state index is 0.00944. The number of ether oxygens (including phenoxy) is 2. The predicted octanol–water partition coefficient (Wildman–Crippen LogP) is 1.48. The van der Waals surface area contributed by atoms with E-state index >= 15 is 0 Å². The van der Waals surface area contributed by atoms with Gasteiger partial charge in [0.1, 0.15) is 0 Å². The molecule has 1 amide bonds. The van der Waals surface area contributed by atoms with E-state index in [1.54, 1.807) is 0 Å². The number of hydrogen-bond donors (Lipinski definition) is 2. The maximum atomic E-state index is 12.0. The van der Waals surface area contributed by atoms with Crippen LogP contribution < -0.4 is 5.32 Å². The molecule has 2 rings (SSSR count). The Morgan fingerprint density at radius 3 is 2.67 bits per heavy atom. The molecule has 0 aromatic heterocycles. The van der Waals surface area contributed by atoms with Crippen LogP contribution in [0.15, 0.2) is 0 Å². The van der Waals surface area contributed by atoms with Crippen LogP contribution in [0.2, 0.25) is 0 Å². The lowest BCUT2D eigenvalue weighted by Gasteiger charge is -2.28. The summed E-state index contributed by atoms with van der Waals surface area (Å²) in [6.07, 6.45) is 6.00. The van der Waals surface area contributed by atoms with Gasteiger partial charge in [0.15, 0.2) is 0 Å². The van der Waals surface area contributed by atoms with Crippen LogP contribution in [-0.2, 0) is 19.1 Å².